The van der Waals surface area contributed by atoms with E-state index >= 15 is 0 Å². The molecule has 6 heteroatoms. The Morgan fingerprint density at radius 2 is 2.26 bits per heavy atom. The van der Waals surface area contributed by atoms with Crippen LogP contribution in [-0.4, -0.2) is 13.0 Å². The molecule has 0 saturated heterocycles. The molecule has 19 heavy (non-hydrogen) atoms. The number of benzene rings is 1. The number of halogens is 1. The molecular weight excluding hydrogens is 267 g/mol. The van der Waals surface area contributed by atoms with E-state index in [9.17, 15) is 9.18 Å². The molecule has 1 aromatic carbocycles. The summed E-state index contributed by atoms with van der Waals surface area (Å²) in [6.07, 6.45) is 0. The Labute approximate surface area is 113 Å². The minimum atomic E-state index is -0.525. The smallest absolute Gasteiger partial charge is 0.269 e. The summed E-state index contributed by atoms with van der Waals surface area (Å²) >= 11 is 1.22. The van der Waals surface area contributed by atoms with E-state index in [0.717, 1.165) is 6.07 Å². The van der Waals surface area contributed by atoms with Gasteiger partial charge >= 0.3 is 0 Å². The van der Waals surface area contributed by atoms with Crippen molar-refractivity contribution in [2.24, 2.45) is 0 Å². The number of anilines is 1. The van der Waals surface area contributed by atoms with Gasteiger partial charge < -0.3 is 10.1 Å². The summed E-state index contributed by atoms with van der Waals surface area (Å²) in [4.78, 5) is 12.4. The molecule has 2 aromatic rings. The first-order valence-corrected chi connectivity index (χ1v) is 6.16. The molecule has 0 saturated carbocycles. The van der Waals surface area contributed by atoms with Gasteiger partial charge in [0.15, 0.2) is 0 Å². The van der Waals surface area contributed by atoms with Crippen LogP contribution in [0.4, 0.5) is 10.1 Å². The number of carbonyl (C=O) groups is 1. The topological polar surface area (TPSA) is 62.1 Å². The molecule has 0 fully saturated rings. The van der Waals surface area contributed by atoms with Crippen molar-refractivity contribution in [3.8, 4) is 11.8 Å². The van der Waals surface area contributed by atoms with Crippen molar-refractivity contribution >= 4 is 22.9 Å². The molecule has 0 aliphatic carbocycles. The monoisotopic (exact) mass is 276 g/mol. The Morgan fingerprint density at radius 3 is 2.95 bits per heavy atom. The first-order valence-electron chi connectivity index (χ1n) is 5.28. The number of rotatable bonds is 3. The predicted octanol–water partition coefficient (Wildman–Crippen LogP) is 3.02. The van der Waals surface area contributed by atoms with Crippen LogP contribution in [0.15, 0.2) is 29.6 Å². The minimum Gasteiger partial charge on any atom is -0.495 e. The standard InChI is InChI=1S/C13H9FN2O2S/c1-18-11-4-5-19-12(11)13(17)16-10-3-2-9(14)6-8(10)7-15/h2-6H,1H3,(H,16,17). The Balaban J connectivity index is 2.27. The normalized spacial score (nSPS) is 9.74. The van der Waals surface area contributed by atoms with Crippen molar-refractivity contribution < 1.29 is 13.9 Å². The van der Waals surface area contributed by atoms with Gasteiger partial charge in [-0.05, 0) is 29.6 Å². The van der Waals surface area contributed by atoms with Crippen LogP contribution in [0, 0.1) is 17.1 Å². The molecule has 2 rings (SSSR count). The fraction of sp³-hybridized carbons (Fsp3) is 0.0769. The van der Waals surface area contributed by atoms with Gasteiger partial charge in [-0.2, -0.15) is 5.26 Å². The van der Waals surface area contributed by atoms with Crippen LogP contribution < -0.4 is 10.1 Å². The van der Waals surface area contributed by atoms with E-state index in [-0.39, 0.29) is 11.3 Å². The molecule has 0 aliphatic rings. The molecule has 4 nitrogen and oxygen atoms in total. The van der Waals surface area contributed by atoms with E-state index in [0.29, 0.717) is 10.6 Å². The second kappa shape index (κ2) is 5.50. The van der Waals surface area contributed by atoms with Crippen LogP contribution >= 0.6 is 11.3 Å². The van der Waals surface area contributed by atoms with Crippen molar-refractivity contribution in [2.45, 2.75) is 0 Å². The van der Waals surface area contributed by atoms with Gasteiger partial charge in [-0.25, -0.2) is 4.39 Å². The van der Waals surface area contributed by atoms with E-state index in [4.69, 9.17) is 10.00 Å². The highest BCUT2D eigenvalue weighted by Crippen LogP contribution is 2.26. The van der Waals surface area contributed by atoms with E-state index in [1.165, 1.54) is 30.6 Å². The lowest BCUT2D eigenvalue weighted by Gasteiger charge is -2.07. The summed E-state index contributed by atoms with van der Waals surface area (Å²) in [5.41, 5.74) is 0.341. The quantitative estimate of drug-likeness (QED) is 0.937. The van der Waals surface area contributed by atoms with Gasteiger partial charge in [0.25, 0.3) is 5.91 Å². The van der Waals surface area contributed by atoms with Crippen LogP contribution in [-0.2, 0) is 0 Å². The molecule has 1 aromatic heterocycles. The van der Waals surface area contributed by atoms with Crippen LogP contribution in [0.1, 0.15) is 15.2 Å². The average molecular weight is 276 g/mol. The third-order valence-corrected chi connectivity index (χ3v) is 3.30. The molecule has 1 heterocycles. The summed E-state index contributed by atoms with van der Waals surface area (Å²) in [5.74, 6) is -0.457. The van der Waals surface area contributed by atoms with Crippen molar-refractivity contribution in [3.63, 3.8) is 0 Å². The van der Waals surface area contributed by atoms with Gasteiger partial charge in [-0.15, -0.1) is 11.3 Å². The van der Waals surface area contributed by atoms with Crippen LogP contribution in [0.3, 0.4) is 0 Å². The fourth-order valence-electron chi connectivity index (χ4n) is 1.52. The Kier molecular flexibility index (Phi) is 3.78. The number of hydrogen-bond donors (Lipinski definition) is 1. The van der Waals surface area contributed by atoms with Crippen LogP contribution in [0.5, 0.6) is 5.75 Å². The maximum Gasteiger partial charge on any atom is 0.269 e. The minimum absolute atomic E-state index is 0.0730. The maximum absolute atomic E-state index is 13.0. The number of amides is 1. The zero-order chi connectivity index (χ0) is 13.8. The number of carbonyl (C=O) groups excluding carboxylic acids is 1. The third kappa shape index (κ3) is 2.72. The van der Waals surface area contributed by atoms with E-state index in [1.807, 2.05) is 6.07 Å². The van der Waals surface area contributed by atoms with Crippen molar-refractivity contribution in [1.29, 1.82) is 5.26 Å². The lowest BCUT2D eigenvalue weighted by atomic mass is 10.2. The molecule has 0 bridgehead atoms. The highest BCUT2D eigenvalue weighted by Gasteiger charge is 2.15. The zero-order valence-electron chi connectivity index (χ0n) is 9.94. The lowest BCUT2D eigenvalue weighted by molar-refractivity contribution is 0.102. The highest BCUT2D eigenvalue weighted by atomic mass is 32.1. The Morgan fingerprint density at radius 1 is 1.47 bits per heavy atom. The maximum atomic E-state index is 13.0. The second-order valence-corrected chi connectivity index (χ2v) is 4.49. The Hall–Kier alpha value is -2.39. The van der Waals surface area contributed by atoms with Crippen LogP contribution in [0.2, 0.25) is 0 Å². The first kappa shape index (κ1) is 13.1. The summed E-state index contributed by atoms with van der Waals surface area (Å²) in [6, 6.07) is 7.12. The lowest BCUT2D eigenvalue weighted by Crippen LogP contribution is -2.12. The molecule has 1 amide bonds. The van der Waals surface area contributed by atoms with Gasteiger partial charge in [-0.1, -0.05) is 0 Å². The number of thiophene rings is 1. The molecule has 0 unspecified atom stereocenters. The summed E-state index contributed by atoms with van der Waals surface area (Å²) in [5, 5.41) is 13.2. The first-order chi connectivity index (χ1) is 9.15. The summed E-state index contributed by atoms with van der Waals surface area (Å²) in [6.45, 7) is 0. The van der Waals surface area contributed by atoms with Crippen molar-refractivity contribution in [3.05, 3.63) is 45.9 Å². The summed E-state index contributed by atoms with van der Waals surface area (Å²) in [7, 11) is 1.47. The molecule has 0 radical (unpaired) electrons. The van der Waals surface area contributed by atoms with E-state index < -0.39 is 11.7 Å². The highest BCUT2D eigenvalue weighted by molar-refractivity contribution is 7.12. The van der Waals surface area contributed by atoms with Gasteiger partial charge in [0.1, 0.15) is 22.5 Å². The van der Waals surface area contributed by atoms with Gasteiger partial charge in [0.2, 0.25) is 0 Å². The average Bonchev–Trinajstić information content (AvgIpc) is 2.89. The SMILES string of the molecule is COc1ccsc1C(=O)Nc1ccc(F)cc1C#N. The molecular formula is C13H9FN2O2S. The van der Waals surface area contributed by atoms with E-state index in [1.54, 1.807) is 11.4 Å². The molecule has 0 spiro atoms. The third-order valence-electron chi connectivity index (χ3n) is 2.41. The van der Waals surface area contributed by atoms with Gasteiger partial charge in [-0.3, -0.25) is 4.79 Å². The van der Waals surface area contributed by atoms with E-state index in [2.05, 4.69) is 5.32 Å². The number of hydrogen-bond acceptors (Lipinski definition) is 4. The largest absolute Gasteiger partial charge is 0.495 e. The van der Waals surface area contributed by atoms with Crippen molar-refractivity contribution in [1.82, 2.24) is 0 Å². The summed E-state index contributed by atoms with van der Waals surface area (Å²) < 4.78 is 18.0. The molecule has 1 N–H and O–H groups in total. The Bertz CT molecular complexity index is 661. The second-order valence-electron chi connectivity index (χ2n) is 3.57. The molecule has 96 valence electrons. The number of nitriles is 1. The van der Waals surface area contributed by atoms with Gasteiger partial charge in [0, 0.05) is 0 Å². The van der Waals surface area contributed by atoms with Crippen LogP contribution in [0.25, 0.3) is 0 Å². The molecule has 0 aliphatic heterocycles. The zero-order valence-corrected chi connectivity index (χ0v) is 10.8. The number of methoxy groups -OCH3 is 1. The number of ether oxygens (including phenoxy) is 1. The van der Waals surface area contributed by atoms with Crippen molar-refractivity contribution in [2.75, 3.05) is 12.4 Å². The number of nitrogens with one attached hydrogen (secondary N) is 1. The fourth-order valence-corrected chi connectivity index (χ4v) is 2.27. The van der Waals surface area contributed by atoms with Gasteiger partial charge in [0.05, 0.1) is 18.4 Å². The predicted molar refractivity (Wildman–Crippen MR) is 69.9 cm³/mol. The number of nitrogens with zero attached hydrogens (tertiary/aromatic N) is 1. The molecule has 0 atom stereocenters.